The zero-order chi connectivity index (χ0) is 28.1. The molecule has 0 saturated heterocycles. The molecule has 3 unspecified atom stereocenters. The number of allylic oxidation sites excluding steroid dienone is 2. The number of carbonyl (C=O) groups is 3. The number of carbonyl (C=O) groups excluding carboxylic acids is 1. The molecule has 0 spiro atoms. The molecule has 37 heavy (non-hydrogen) atoms. The standard InChI is InChI=1S/C30H55NO6/c1-5-9-10-11-12-13-14-15-16-17-18-19-20-24-31(25(21-6-2)28(32)33,26(22-7-3)29(34)35)27(23-8-4)30(36)37/h5,9,25-27H,6-8,10-24H2,1-4H3,(H2-,32,33,34,35,36,37)/b9-5+. The van der Waals surface area contributed by atoms with E-state index < -0.39 is 40.5 Å². The Labute approximate surface area is 225 Å². The SMILES string of the molecule is C/C=C/CCCCCCCCCCCC[N+](C(CCC)C(=O)[O-])(C(CCC)C(=O)O)C(CCC)C(=O)O. The van der Waals surface area contributed by atoms with Crippen molar-refractivity contribution in [2.24, 2.45) is 0 Å². The van der Waals surface area contributed by atoms with Crippen molar-refractivity contribution in [3.63, 3.8) is 0 Å². The molecule has 2 N–H and O–H groups in total. The van der Waals surface area contributed by atoms with Crippen molar-refractivity contribution in [1.29, 1.82) is 0 Å². The van der Waals surface area contributed by atoms with Gasteiger partial charge in [0.05, 0.1) is 12.5 Å². The largest absolute Gasteiger partial charge is 0.544 e. The molecule has 0 saturated carbocycles. The predicted octanol–water partition coefficient (Wildman–Crippen LogP) is 6.10. The van der Waals surface area contributed by atoms with Gasteiger partial charge < -0.3 is 20.1 Å². The number of rotatable bonds is 25. The van der Waals surface area contributed by atoms with Gasteiger partial charge in [-0.05, 0) is 45.4 Å². The molecule has 7 heteroatoms. The first-order valence-corrected chi connectivity index (χ1v) is 14.9. The summed E-state index contributed by atoms with van der Waals surface area (Å²) in [7, 11) is 0. The van der Waals surface area contributed by atoms with Crippen molar-refractivity contribution < 1.29 is 34.2 Å². The van der Waals surface area contributed by atoms with Crippen LogP contribution in [0.4, 0.5) is 0 Å². The first-order valence-electron chi connectivity index (χ1n) is 14.9. The highest BCUT2D eigenvalue weighted by molar-refractivity contribution is 5.77. The van der Waals surface area contributed by atoms with Crippen LogP contribution in [0.15, 0.2) is 12.2 Å². The van der Waals surface area contributed by atoms with Crippen LogP contribution in [0.5, 0.6) is 0 Å². The van der Waals surface area contributed by atoms with Crippen LogP contribution in [-0.4, -0.2) is 57.3 Å². The van der Waals surface area contributed by atoms with Crippen molar-refractivity contribution in [3.05, 3.63) is 12.2 Å². The van der Waals surface area contributed by atoms with E-state index in [2.05, 4.69) is 19.1 Å². The number of hydrogen-bond donors (Lipinski definition) is 2. The number of aliphatic carboxylic acids is 3. The molecule has 216 valence electrons. The lowest BCUT2D eigenvalue weighted by Gasteiger charge is -2.52. The molecule has 0 aliphatic rings. The fourth-order valence-electron chi connectivity index (χ4n) is 5.86. The Morgan fingerprint density at radius 3 is 1.41 bits per heavy atom. The van der Waals surface area contributed by atoms with Crippen LogP contribution in [0, 0.1) is 0 Å². The summed E-state index contributed by atoms with van der Waals surface area (Å²) >= 11 is 0. The second-order valence-corrected chi connectivity index (χ2v) is 10.5. The van der Waals surface area contributed by atoms with E-state index in [0.717, 1.165) is 32.1 Å². The number of carboxylic acid groups (broad SMARTS) is 3. The summed E-state index contributed by atoms with van der Waals surface area (Å²) in [5.74, 6) is -3.56. The van der Waals surface area contributed by atoms with Gasteiger partial charge >= 0.3 is 11.9 Å². The normalized spacial score (nSPS) is 15.8. The lowest BCUT2D eigenvalue weighted by atomic mass is 9.91. The Hall–Kier alpha value is -1.89. The Balaban J connectivity index is 5.42. The Bertz CT molecular complexity index is 603. The summed E-state index contributed by atoms with van der Waals surface area (Å²) in [4.78, 5) is 37.4. The minimum atomic E-state index is -1.34. The number of quaternary nitrogens is 1. The van der Waals surface area contributed by atoms with Gasteiger partial charge in [0.2, 0.25) is 0 Å². The third kappa shape index (κ3) is 12.5. The average molecular weight is 526 g/mol. The highest BCUT2D eigenvalue weighted by Crippen LogP contribution is 2.34. The summed E-state index contributed by atoms with van der Waals surface area (Å²) in [6.45, 7) is 7.85. The third-order valence-electron chi connectivity index (χ3n) is 7.67. The van der Waals surface area contributed by atoms with Gasteiger partial charge in [-0.1, -0.05) is 84.3 Å². The molecule has 0 bridgehead atoms. The first kappa shape index (κ1) is 35.1. The van der Waals surface area contributed by atoms with E-state index in [1.165, 1.54) is 32.1 Å². The lowest BCUT2D eigenvalue weighted by molar-refractivity contribution is -0.975. The van der Waals surface area contributed by atoms with Gasteiger partial charge in [-0.25, -0.2) is 9.59 Å². The zero-order valence-corrected chi connectivity index (χ0v) is 24.1. The Morgan fingerprint density at radius 1 is 0.676 bits per heavy atom. The molecule has 3 atom stereocenters. The summed E-state index contributed by atoms with van der Waals surface area (Å²) in [5.41, 5.74) is 0. The van der Waals surface area contributed by atoms with Crippen molar-refractivity contribution in [2.75, 3.05) is 6.54 Å². The van der Waals surface area contributed by atoms with E-state index in [1.54, 1.807) is 0 Å². The summed E-state index contributed by atoms with van der Waals surface area (Å²) in [6.07, 6.45) is 18.7. The van der Waals surface area contributed by atoms with Gasteiger partial charge in [0.1, 0.15) is 6.04 Å². The first-order chi connectivity index (χ1) is 17.7. The molecule has 0 amide bonds. The average Bonchev–Trinajstić information content (AvgIpc) is 2.85. The maximum Gasteiger partial charge on any atom is 0.362 e. The van der Waals surface area contributed by atoms with E-state index in [9.17, 15) is 29.7 Å². The maximum atomic E-state index is 12.5. The third-order valence-corrected chi connectivity index (χ3v) is 7.67. The van der Waals surface area contributed by atoms with Gasteiger partial charge in [0, 0.05) is 19.3 Å². The highest BCUT2D eigenvalue weighted by atomic mass is 16.4. The topological polar surface area (TPSA) is 115 Å². The van der Waals surface area contributed by atoms with Gasteiger partial charge in [0.15, 0.2) is 12.1 Å². The van der Waals surface area contributed by atoms with Crippen molar-refractivity contribution in [2.45, 2.75) is 155 Å². The smallest absolute Gasteiger partial charge is 0.362 e. The van der Waals surface area contributed by atoms with Gasteiger partial charge in [-0.2, -0.15) is 0 Å². The van der Waals surface area contributed by atoms with Crippen LogP contribution >= 0.6 is 0 Å². The molecule has 0 aliphatic carbocycles. The maximum absolute atomic E-state index is 12.5. The fraction of sp³-hybridized carbons (Fsp3) is 0.833. The van der Waals surface area contributed by atoms with Crippen molar-refractivity contribution in [3.8, 4) is 0 Å². The molecule has 0 heterocycles. The molecule has 0 radical (unpaired) electrons. The second-order valence-electron chi connectivity index (χ2n) is 10.5. The molecule has 0 aromatic carbocycles. The lowest BCUT2D eigenvalue weighted by Crippen LogP contribution is -2.74. The van der Waals surface area contributed by atoms with E-state index in [0.29, 0.717) is 25.7 Å². The molecule has 0 rings (SSSR count). The van der Waals surface area contributed by atoms with Gasteiger partial charge in [-0.15, -0.1) is 0 Å². The Morgan fingerprint density at radius 2 is 1.05 bits per heavy atom. The molecular formula is C30H55NO6. The summed E-state index contributed by atoms with van der Waals surface area (Å²) in [6, 6.07) is -3.32. The van der Waals surface area contributed by atoms with Gasteiger partial charge in [0.25, 0.3) is 0 Å². The second kappa shape index (κ2) is 21.1. The van der Waals surface area contributed by atoms with E-state index >= 15 is 0 Å². The molecule has 0 aromatic heterocycles. The highest BCUT2D eigenvalue weighted by Gasteiger charge is 2.54. The minimum absolute atomic E-state index is 0.206. The number of unbranched alkanes of at least 4 members (excludes halogenated alkanes) is 10. The Kier molecular flexibility index (Phi) is 20.0. The van der Waals surface area contributed by atoms with Crippen LogP contribution < -0.4 is 5.11 Å². The minimum Gasteiger partial charge on any atom is -0.544 e. The molecule has 0 aromatic rings. The zero-order valence-electron chi connectivity index (χ0n) is 24.1. The van der Waals surface area contributed by atoms with Crippen LogP contribution in [-0.2, 0) is 14.4 Å². The number of hydrogen-bond acceptors (Lipinski definition) is 4. The van der Waals surface area contributed by atoms with Crippen LogP contribution in [0.2, 0.25) is 0 Å². The van der Waals surface area contributed by atoms with E-state index in [1.807, 2.05) is 20.8 Å². The molecule has 7 nitrogen and oxygen atoms in total. The van der Waals surface area contributed by atoms with Crippen molar-refractivity contribution in [1.82, 2.24) is 0 Å². The van der Waals surface area contributed by atoms with Crippen LogP contribution in [0.1, 0.15) is 137 Å². The fourth-order valence-corrected chi connectivity index (χ4v) is 5.86. The monoisotopic (exact) mass is 525 g/mol. The molecule has 0 aliphatic heterocycles. The summed E-state index contributed by atoms with van der Waals surface area (Å²) in [5, 5.41) is 32.8. The number of carboxylic acids is 3. The van der Waals surface area contributed by atoms with Gasteiger partial charge in [-0.3, -0.25) is 4.48 Å². The van der Waals surface area contributed by atoms with Crippen LogP contribution in [0.3, 0.4) is 0 Å². The number of nitrogens with zero attached hydrogens (tertiary/aromatic N) is 1. The van der Waals surface area contributed by atoms with E-state index in [-0.39, 0.29) is 25.8 Å². The quantitative estimate of drug-likeness (QED) is 0.0846. The molecule has 0 fully saturated rings. The van der Waals surface area contributed by atoms with Crippen LogP contribution in [0.25, 0.3) is 0 Å². The van der Waals surface area contributed by atoms with Crippen molar-refractivity contribution >= 4 is 17.9 Å². The molecular weight excluding hydrogens is 470 g/mol. The predicted molar refractivity (Wildman–Crippen MR) is 147 cm³/mol. The summed E-state index contributed by atoms with van der Waals surface area (Å²) < 4.78 is -0.435. The van der Waals surface area contributed by atoms with E-state index in [4.69, 9.17) is 0 Å².